The molecular formula is C33H36F2N8O5S2. The number of rotatable bonds is 10. The van der Waals surface area contributed by atoms with Crippen molar-refractivity contribution in [1.29, 1.82) is 0 Å². The lowest BCUT2D eigenvalue weighted by Crippen LogP contribution is -2.22. The second-order valence-corrected chi connectivity index (χ2v) is 13.2. The van der Waals surface area contributed by atoms with Gasteiger partial charge in [-0.05, 0) is 62.1 Å². The lowest BCUT2D eigenvalue weighted by Gasteiger charge is -2.13. The molecule has 13 nitrogen and oxygen atoms in total. The van der Waals surface area contributed by atoms with Gasteiger partial charge in [-0.25, -0.2) is 23.4 Å². The van der Waals surface area contributed by atoms with Crippen LogP contribution in [0.1, 0.15) is 84.8 Å². The number of amides is 4. The lowest BCUT2D eigenvalue weighted by molar-refractivity contribution is 0.0916. The second-order valence-electron chi connectivity index (χ2n) is 11.7. The van der Waals surface area contributed by atoms with E-state index in [1.54, 1.807) is 0 Å². The fourth-order valence-corrected chi connectivity index (χ4v) is 6.95. The number of Topliss-reactive ketones (excluding diaryl/α,β-unsaturated/α-hetero) is 2. The number of aromatic nitrogens is 4. The smallest absolute Gasteiger partial charge is 0.329 e. The molecule has 0 atom stereocenters. The Bertz CT molecular complexity index is 1710. The molecule has 17 heteroatoms. The summed E-state index contributed by atoms with van der Waals surface area (Å²) < 4.78 is 40.0. The Labute approximate surface area is 295 Å². The molecule has 0 spiro atoms. The number of halogens is 2. The summed E-state index contributed by atoms with van der Waals surface area (Å²) in [5.74, 6) is -0.816. The molecule has 2 aliphatic carbocycles. The molecule has 0 aliphatic heterocycles. The summed E-state index contributed by atoms with van der Waals surface area (Å²) in [7, 11) is 1.42. The third-order valence-electron chi connectivity index (χ3n) is 8.26. The van der Waals surface area contributed by atoms with Crippen molar-refractivity contribution < 1.29 is 32.7 Å². The minimum atomic E-state index is -0.592. The third kappa shape index (κ3) is 9.62. The summed E-state index contributed by atoms with van der Waals surface area (Å²) in [5.41, 5.74) is 0.980. The van der Waals surface area contributed by atoms with Gasteiger partial charge in [0.05, 0.1) is 18.5 Å². The molecule has 0 saturated heterocycles. The van der Waals surface area contributed by atoms with Gasteiger partial charge in [0, 0.05) is 52.4 Å². The number of carbonyl (C=O) groups excluding carboxylic acids is 4. The molecule has 2 heterocycles. The van der Waals surface area contributed by atoms with Crippen LogP contribution in [0.3, 0.4) is 0 Å². The third-order valence-corrected chi connectivity index (χ3v) is 9.54. The molecule has 4 amide bonds. The number of hydrogen-bond donors (Lipinski definition) is 4. The van der Waals surface area contributed by atoms with Crippen LogP contribution in [0.15, 0.2) is 36.4 Å². The van der Waals surface area contributed by atoms with Gasteiger partial charge in [-0.2, -0.15) is 9.36 Å². The van der Waals surface area contributed by atoms with Gasteiger partial charge < -0.3 is 15.4 Å². The van der Waals surface area contributed by atoms with Gasteiger partial charge in [0.25, 0.3) is 0 Å². The fourth-order valence-electron chi connectivity index (χ4n) is 5.77. The Hall–Kier alpha value is -4.90. The van der Waals surface area contributed by atoms with E-state index < -0.39 is 23.7 Å². The van der Waals surface area contributed by atoms with Crippen molar-refractivity contribution in [3.8, 4) is 6.01 Å². The first-order valence-corrected chi connectivity index (χ1v) is 17.7. The molecule has 2 saturated carbocycles. The first-order chi connectivity index (χ1) is 24.1. The predicted molar refractivity (Wildman–Crippen MR) is 186 cm³/mol. The maximum atomic E-state index is 13.6. The molecule has 0 bridgehead atoms. The number of ether oxygens (including phenoxy) is 1. The zero-order chi connectivity index (χ0) is 35.6. The first-order valence-electron chi connectivity index (χ1n) is 16.2. The normalized spacial score (nSPS) is 14.4. The predicted octanol–water partition coefficient (Wildman–Crippen LogP) is 7.96. The van der Waals surface area contributed by atoms with Crippen molar-refractivity contribution in [1.82, 2.24) is 18.7 Å². The number of hydrogen-bond acceptors (Lipinski definition) is 11. The van der Waals surface area contributed by atoms with Crippen molar-refractivity contribution in [2.24, 2.45) is 11.8 Å². The Morgan fingerprint density at radius 2 is 1.18 bits per heavy atom. The van der Waals surface area contributed by atoms with Gasteiger partial charge in [0.1, 0.15) is 17.5 Å². The molecule has 264 valence electrons. The van der Waals surface area contributed by atoms with Gasteiger partial charge in [0.15, 0.2) is 11.6 Å². The van der Waals surface area contributed by atoms with E-state index in [1.165, 1.54) is 43.5 Å². The molecule has 2 fully saturated rings. The summed E-state index contributed by atoms with van der Waals surface area (Å²) in [5, 5.41) is 10.9. The van der Waals surface area contributed by atoms with Crippen LogP contribution in [-0.2, 0) is 6.42 Å². The number of carbonyl (C=O) groups is 4. The summed E-state index contributed by atoms with van der Waals surface area (Å²) >= 11 is 2.05. The van der Waals surface area contributed by atoms with Crippen molar-refractivity contribution in [2.45, 2.75) is 64.7 Å². The molecule has 4 aromatic rings. The van der Waals surface area contributed by atoms with E-state index in [-0.39, 0.29) is 51.4 Å². The maximum absolute atomic E-state index is 13.6. The number of aryl methyl sites for hydroxylation is 1. The molecule has 0 unspecified atom stereocenters. The topological polar surface area (TPSA) is 177 Å². The summed E-state index contributed by atoms with van der Waals surface area (Å²) in [6.07, 6.45) is 7.89. The van der Waals surface area contributed by atoms with E-state index in [2.05, 4.69) is 40.0 Å². The van der Waals surface area contributed by atoms with Crippen LogP contribution in [0.5, 0.6) is 6.01 Å². The van der Waals surface area contributed by atoms with Crippen molar-refractivity contribution >= 4 is 68.3 Å². The Morgan fingerprint density at radius 3 is 1.60 bits per heavy atom. The number of methoxy groups -OCH3 is 1. The van der Waals surface area contributed by atoms with Gasteiger partial charge in [-0.15, -0.1) is 4.37 Å². The van der Waals surface area contributed by atoms with Crippen molar-refractivity contribution in [3.63, 3.8) is 0 Å². The molecule has 6 rings (SSSR count). The quantitative estimate of drug-likeness (QED) is 0.118. The average Bonchev–Trinajstić information content (AvgIpc) is 3.94. The highest BCUT2D eigenvalue weighted by molar-refractivity contribution is 7.10. The van der Waals surface area contributed by atoms with Crippen LogP contribution in [-0.4, -0.2) is 49.5 Å². The van der Waals surface area contributed by atoms with E-state index in [1.807, 2.05) is 6.92 Å². The Morgan fingerprint density at radius 1 is 0.720 bits per heavy atom. The van der Waals surface area contributed by atoms with Crippen LogP contribution >= 0.6 is 23.1 Å². The number of ketones is 2. The number of nitrogens with one attached hydrogen (secondary N) is 4. The standard InChI is InChI=1S/C17H19FN4O2S.C16H17FN4O3S/c1-2-14-20-17(25-22-14)21-16(24)19-13-8-7-11(18)9-12(13)15(23)10-5-3-4-6-10;1-24-15-20-16(25-21-15)19-14(23)18-12-7-6-10(17)8-11(12)13(22)9-4-2-3-5-9/h7-10H,2-6H2,1H3,(H2,19,20,21,22,24);6-9H,2-5H2,1H3,(H2,18,19,20,21,23). The fraction of sp³-hybridized carbons (Fsp3) is 0.394. The summed E-state index contributed by atoms with van der Waals surface area (Å²) in [6.45, 7) is 1.92. The van der Waals surface area contributed by atoms with Gasteiger partial charge in [0.2, 0.25) is 10.3 Å². The Kier molecular flexibility index (Phi) is 12.5. The van der Waals surface area contributed by atoms with Crippen molar-refractivity contribution in [2.75, 3.05) is 28.4 Å². The van der Waals surface area contributed by atoms with E-state index in [9.17, 15) is 28.0 Å². The molecule has 50 heavy (non-hydrogen) atoms. The number of anilines is 4. The lowest BCUT2D eigenvalue weighted by atomic mass is 9.95. The van der Waals surface area contributed by atoms with Gasteiger partial charge >= 0.3 is 18.1 Å². The monoisotopic (exact) mass is 726 g/mol. The number of nitrogens with zero attached hydrogens (tertiary/aromatic N) is 4. The summed E-state index contributed by atoms with van der Waals surface area (Å²) in [4.78, 5) is 57.7. The summed E-state index contributed by atoms with van der Waals surface area (Å²) in [6, 6.07) is 6.61. The molecule has 2 aromatic carbocycles. The second kappa shape index (κ2) is 17.2. The zero-order valence-electron chi connectivity index (χ0n) is 27.4. The molecular weight excluding hydrogens is 691 g/mol. The Balaban J connectivity index is 0.000000194. The van der Waals surface area contributed by atoms with E-state index in [4.69, 9.17) is 4.74 Å². The van der Waals surface area contributed by atoms with Crippen LogP contribution in [0, 0.1) is 23.5 Å². The minimum absolute atomic E-state index is 0.0966. The van der Waals surface area contributed by atoms with Crippen LogP contribution in [0.4, 0.5) is 40.0 Å². The molecule has 4 N–H and O–H groups in total. The molecule has 2 aromatic heterocycles. The zero-order valence-corrected chi connectivity index (χ0v) is 29.0. The maximum Gasteiger partial charge on any atom is 0.329 e. The minimum Gasteiger partial charge on any atom is -0.466 e. The average molecular weight is 727 g/mol. The highest BCUT2D eigenvalue weighted by Crippen LogP contribution is 2.32. The van der Waals surface area contributed by atoms with Crippen LogP contribution in [0.2, 0.25) is 0 Å². The van der Waals surface area contributed by atoms with Crippen LogP contribution < -0.4 is 26.0 Å². The number of benzene rings is 2. The van der Waals surface area contributed by atoms with E-state index >= 15 is 0 Å². The van der Waals surface area contributed by atoms with E-state index in [0.29, 0.717) is 23.1 Å². The largest absolute Gasteiger partial charge is 0.466 e. The molecule has 0 radical (unpaired) electrons. The van der Waals surface area contributed by atoms with E-state index in [0.717, 1.165) is 74.4 Å². The highest BCUT2D eigenvalue weighted by atomic mass is 32.1. The molecule has 2 aliphatic rings. The van der Waals surface area contributed by atoms with Crippen molar-refractivity contribution in [3.05, 3.63) is 65.0 Å². The van der Waals surface area contributed by atoms with Gasteiger partial charge in [-0.3, -0.25) is 20.2 Å². The first kappa shape index (κ1) is 36.4. The SMILES string of the molecule is CCc1nsc(NC(=O)Nc2ccc(F)cc2C(=O)C2CCCC2)n1.COc1nsc(NC(=O)Nc2ccc(F)cc2C(=O)C2CCCC2)n1. The number of urea groups is 2. The van der Waals surface area contributed by atoms with Gasteiger partial charge in [-0.1, -0.05) is 32.6 Å². The highest BCUT2D eigenvalue weighted by Gasteiger charge is 2.28. The van der Waals surface area contributed by atoms with Crippen LogP contribution in [0.25, 0.3) is 0 Å².